The van der Waals surface area contributed by atoms with Crippen LogP contribution in [-0.2, 0) is 14.8 Å². The maximum absolute atomic E-state index is 12.7. The summed E-state index contributed by atoms with van der Waals surface area (Å²) in [6.07, 6.45) is 0.846. The van der Waals surface area contributed by atoms with Crippen molar-refractivity contribution in [2.24, 2.45) is 0 Å². The number of rotatable bonds is 8. The Morgan fingerprint density at radius 1 is 1.28 bits per heavy atom. The Bertz CT molecular complexity index is 1130. The number of thioether (sulfide) groups is 1. The van der Waals surface area contributed by atoms with Gasteiger partial charge in [0.25, 0.3) is 15.2 Å². The number of hydrogen-bond acceptors (Lipinski definition) is 6. The highest BCUT2D eigenvalue weighted by molar-refractivity contribution is 7.99. The number of halogens is 1. The molecular formula is C19H20ClN3O4S2. The van der Waals surface area contributed by atoms with E-state index in [-0.39, 0.29) is 28.3 Å². The van der Waals surface area contributed by atoms with Crippen molar-refractivity contribution >= 4 is 56.1 Å². The van der Waals surface area contributed by atoms with Crippen LogP contribution in [0.5, 0.6) is 0 Å². The second-order valence-electron chi connectivity index (χ2n) is 6.36. The second-order valence-corrected chi connectivity index (χ2v) is 9.38. The van der Waals surface area contributed by atoms with Crippen molar-refractivity contribution in [1.82, 2.24) is 10.3 Å². The van der Waals surface area contributed by atoms with Gasteiger partial charge in [-0.05, 0) is 37.6 Å². The van der Waals surface area contributed by atoms with E-state index in [4.69, 9.17) is 16.0 Å². The first-order chi connectivity index (χ1) is 13.8. The van der Waals surface area contributed by atoms with Crippen molar-refractivity contribution in [1.29, 1.82) is 0 Å². The number of fused-ring (bicyclic) bond motifs is 1. The molecule has 0 saturated heterocycles. The van der Waals surface area contributed by atoms with Gasteiger partial charge >= 0.3 is 0 Å². The van der Waals surface area contributed by atoms with Crippen molar-refractivity contribution in [2.45, 2.75) is 36.4 Å². The first-order valence-corrected chi connectivity index (χ1v) is 11.7. The minimum Gasteiger partial charge on any atom is -0.431 e. The van der Waals surface area contributed by atoms with Crippen LogP contribution in [0.3, 0.4) is 0 Å². The number of para-hydroxylation sites is 1. The fraction of sp³-hybridized carbons (Fsp3) is 0.263. The van der Waals surface area contributed by atoms with Crippen LogP contribution in [0.4, 0.5) is 5.69 Å². The summed E-state index contributed by atoms with van der Waals surface area (Å²) in [4.78, 5) is 16.2. The molecule has 0 spiro atoms. The summed E-state index contributed by atoms with van der Waals surface area (Å²) in [5, 5.41) is 3.46. The molecule has 29 heavy (non-hydrogen) atoms. The van der Waals surface area contributed by atoms with E-state index >= 15 is 0 Å². The van der Waals surface area contributed by atoms with E-state index in [2.05, 4.69) is 15.0 Å². The quantitative estimate of drug-likeness (QED) is 0.493. The van der Waals surface area contributed by atoms with Gasteiger partial charge in [0.15, 0.2) is 5.58 Å². The van der Waals surface area contributed by atoms with E-state index in [0.717, 1.165) is 18.2 Å². The number of sulfonamides is 1. The van der Waals surface area contributed by atoms with E-state index in [9.17, 15) is 13.2 Å². The van der Waals surface area contributed by atoms with Crippen molar-refractivity contribution in [2.75, 3.05) is 10.5 Å². The SMILES string of the molecule is CC[C@H](C)NC(=O)CSc1nc2ccc(S(=O)(=O)Nc3ccccc3Cl)cc2o1. The van der Waals surface area contributed by atoms with Crippen molar-refractivity contribution in [3.8, 4) is 0 Å². The van der Waals surface area contributed by atoms with Crippen LogP contribution in [0.1, 0.15) is 20.3 Å². The van der Waals surface area contributed by atoms with Crippen LogP contribution in [-0.4, -0.2) is 31.1 Å². The average molecular weight is 454 g/mol. The molecule has 0 fully saturated rings. The first kappa shape index (κ1) is 21.5. The molecule has 0 unspecified atom stereocenters. The molecule has 0 saturated carbocycles. The maximum atomic E-state index is 12.7. The summed E-state index contributed by atoms with van der Waals surface area (Å²) >= 11 is 7.18. The third-order valence-electron chi connectivity index (χ3n) is 4.12. The van der Waals surface area contributed by atoms with Crippen LogP contribution in [0.25, 0.3) is 11.1 Å². The van der Waals surface area contributed by atoms with E-state index in [1.807, 2.05) is 13.8 Å². The lowest BCUT2D eigenvalue weighted by atomic mass is 10.3. The van der Waals surface area contributed by atoms with Crippen molar-refractivity contribution in [3.05, 3.63) is 47.5 Å². The zero-order chi connectivity index (χ0) is 21.0. The molecule has 3 aromatic rings. The maximum Gasteiger partial charge on any atom is 0.262 e. The Hall–Kier alpha value is -2.23. The van der Waals surface area contributed by atoms with Gasteiger partial charge in [-0.25, -0.2) is 13.4 Å². The molecule has 2 aromatic carbocycles. The normalized spacial score (nSPS) is 12.7. The largest absolute Gasteiger partial charge is 0.431 e. The topological polar surface area (TPSA) is 101 Å². The molecule has 7 nitrogen and oxygen atoms in total. The molecule has 0 aliphatic carbocycles. The number of amides is 1. The van der Waals surface area contributed by atoms with Gasteiger partial charge in [0.1, 0.15) is 5.52 Å². The van der Waals surface area contributed by atoms with Gasteiger partial charge < -0.3 is 9.73 Å². The Kier molecular flexibility index (Phi) is 6.71. The minimum absolute atomic E-state index is 0.0205. The molecule has 0 radical (unpaired) electrons. The molecule has 1 amide bonds. The molecule has 10 heteroatoms. The lowest BCUT2D eigenvalue weighted by Crippen LogP contribution is -2.33. The summed E-state index contributed by atoms with van der Waals surface area (Å²) in [6.45, 7) is 3.92. The molecule has 0 aliphatic heterocycles. The van der Waals surface area contributed by atoms with Crippen LogP contribution in [0, 0.1) is 0 Å². The lowest BCUT2D eigenvalue weighted by molar-refractivity contribution is -0.119. The third-order valence-corrected chi connectivity index (χ3v) is 6.64. The highest BCUT2D eigenvalue weighted by Crippen LogP contribution is 2.28. The minimum atomic E-state index is -3.85. The molecular weight excluding hydrogens is 434 g/mol. The standard InChI is InChI=1S/C19H20ClN3O4S2/c1-3-12(2)21-18(24)11-28-19-22-16-9-8-13(10-17(16)27-19)29(25,26)23-15-7-5-4-6-14(15)20/h4-10,12,23H,3,11H2,1-2H3,(H,21,24)/t12-/m0/s1. The van der Waals surface area contributed by atoms with Gasteiger partial charge in [0.05, 0.1) is 21.4 Å². The highest BCUT2D eigenvalue weighted by Gasteiger charge is 2.18. The van der Waals surface area contributed by atoms with Gasteiger partial charge in [-0.3, -0.25) is 9.52 Å². The van der Waals surface area contributed by atoms with E-state index in [1.165, 1.54) is 12.1 Å². The third kappa shape index (κ3) is 5.43. The summed E-state index contributed by atoms with van der Waals surface area (Å²) in [6, 6.07) is 11.1. The van der Waals surface area contributed by atoms with Crippen molar-refractivity contribution in [3.63, 3.8) is 0 Å². The van der Waals surface area contributed by atoms with E-state index < -0.39 is 10.0 Å². The number of nitrogens with one attached hydrogen (secondary N) is 2. The summed E-state index contributed by atoms with van der Waals surface area (Å²) in [5.41, 5.74) is 1.11. The van der Waals surface area contributed by atoms with Crippen LogP contribution < -0.4 is 10.0 Å². The average Bonchev–Trinajstić information content (AvgIpc) is 3.10. The number of anilines is 1. The second kappa shape index (κ2) is 9.06. The fourth-order valence-electron chi connectivity index (χ4n) is 2.41. The summed E-state index contributed by atoms with van der Waals surface area (Å²) < 4.78 is 33.4. The van der Waals surface area contributed by atoms with Gasteiger partial charge in [-0.2, -0.15) is 0 Å². The number of benzene rings is 2. The van der Waals surface area contributed by atoms with Crippen LogP contribution >= 0.6 is 23.4 Å². The number of hydrogen-bond donors (Lipinski definition) is 2. The molecule has 0 bridgehead atoms. The Balaban J connectivity index is 1.75. The molecule has 1 atom stereocenters. The predicted octanol–water partition coefficient (Wildman–Crippen LogP) is 4.29. The Morgan fingerprint density at radius 3 is 2.76 bits per heavy atom. The predicted molar refractivity (Wildman–Crippen MR) is 115 cm³/mol. The Labute approximate surface area is 178 Å². The molecule has 3 rings (SSSR count). The smallest absolute Gasteiger partial charge is 0.262 e. The Morgan fingerprint density at radius 2 is 2.03 bits per heavy atom. The zero-order valence-corrected chi connectivity index (χ0v) is 18.2. The lowest BCUT2D eigenvalue weighted by Gasteiger charge is -2.09. The van der Waals surface area contributed by atoms with Crippen molar-refractivity contribution < 1.29 is 17.6 Å². The number of aromatic nitrogens is 1. The van der Waals surface area contributed by atoms with E-state index in [1.54, 1.807) is 30.3 Å². The van der Waals surface area contributed by atoms with Crippen LogP contribution in [0.2, 0.25) is 5.02 Å². The molecule has 154 valence electrons. The van der Waals surface area contributed by atoms with Crippen LogP contribution in [0.15, 0.2) is 57.0 Å². The molecule has 0 aliphatic rings. The number of nitrogens with zero attached hydrogens (tertiary/aromatic N) is 1. The first-order valence-electron chi connectivity index (χ1n) is 8.88. The number of oxazole rings is 1. The molecule has 1 heterocycles. The zero-order valence-electron chi connectivity index (χ0n) is 15.8. The van der Waals surface area contributed by atoms with Gasteiger partial charge in [0.2, 0.25) is 5.91 Å². The van der Waals surface area contributed by atoms with Gasteiger partial charge in [-0.15, -0.1) is 0 Å². The van der Waals surface area contributed by atoms with Gasteiger partial charge in [-0.1, -0.05) is 42.4 Å². The molecule has 2 N–H and O–H groups in total. The summed E-state index contributed by atoms with van der Waals surface area (Å²) in [7, 11) is -3.85. The highest BCUT2D eigenvalue weighted by atomic mass is 35.5. The van der Waals surface area contributed by atoms with Gasteiger partial charge in [0, 0.05) is 12.1 Å². The van der Waals surface area contributed by atoms with E-state index in [0.29, 0.717) is 21.3 Å². The molecule has 1 aromatic heterocycles. The summed E-state index contributed by atoms with van der Waals surface area (Å²) in [5.74, 6) is 0.0509. The monoisotopic (exact) mass is 453 g/mol. The fourth-order valence-corrected chi connectivity index (χ4v) is 4.39. The number of carbonyl (C=O) groups excluding carboxylic acids is 1. The number of carbonyl (C=O) groups is 1.